The van der Waals surface area contributed by atoms with E-state index in [1.807, 2.05) is 0 Å². The number of aromatic carboxylic acids is 1. The number of aromatic nitrogens is 6. The summed E-state index contributed by atoms with van der Waals surface area (Å²) in [7, 11) is 0. The summed E-state index contributed by atoms with van der Waals surface area (Å²) in [5.41, 5.74) is -4.70. The Balaban J connectivity index is 1.37. The van der Waals surface area contributed by atoms with Crippen LogP contribution in [0.5, 0.6) is 5.75 Å². The summed E-state index contributed by atoms with van der Waals surface area (Å²) in [6, 6.07) is 7.06. The summed E-state index contributed by atoms with van der Waals surface area (Å²) in [4.78, 5) is 44.3. The van der Waals surface area contributed by atoms with Gasteiger partial charge in [0.1, 0.15) is 29.6 Å². The van der Waals surface area contributed by atoms with Crippen LogP contribution < -0.4 is 10.3 Å². The largest absolute Gasteiger partial charge is 0.491 e. The third kappa shape index (κ3) is 6.50. The van der Waals surface area contributed by atoms with Crippen molar-refractivity contribution in [2.75, 3.05) is 6.61 Å². The van der Waals surface area contributed by atoms with Crippen LogP contribution in [0.25, 0.3) is 43.8 Å². The van der Waals surface area contributed by atoms with Crippen LogP contribution in [0.1, 0.15) is 33.1 Å². The first kappa shape index (κ1) is 33.7. The number of aryl methyl sites for hydroxylation is 2. The molecule has 1 aromatic carbocycles. The second kappa shape index (κ2) is 12.4. The Morgan fingerprint density at radius 1 is 0.959 bits per heavy atom. The minimum absolute atomic E-state index is 0.0187. The first-order chi connectivity index (χ1) is 23.0. The quantitative estimate of drug-likeness (QED) is 0.166. The first-order valence-electron chi connectivity index (χ1n) is 14.0. The lowest BCUT2D eigenvalue weighted by Crippen LogP contribution is -2.27. The molecule has 0 amide bonds. The van der Waals surface area contributed by atoms with Crippen LogP contribution in [0.2, 0.25) is 5.02 Å². The number of pyridine rings is 2. The number of alkyl halides is 6. The lowest BCUT2D eigenvalue weighted by atomic mass is 10.0. The molecule has 0 atom stereocenters. The van der Waals surface area contributed by atoms with Gasteiger partial charge in [0.15, 0.2) is 11.2 Å². The number of carboxylic acid groups (broad SMARTS) is 1. The van der Waals surface area contributed by atoms with Gasteiger partial charge in [-0.25, -0.2) is 19.7 Å². The molecule has 0 unspecified atom stereocenters. The Bertz CT molecular complexity index is 2360. The number of carbonyl (C=O) groups is 1. The van der Waals surface area contributed by atoms with E-state index in [2.05, 4.69) is 24.9 Å². The molecule has 5 aromatic heterocycles. The van der Waals surface area contributed by atoms with Crippen molar-refractivity contribution in [2.24, 2.45) is 0 Å². The molecule has 0 saturated carbocycles. The highest BCUT2D eigenvalue weighted by Crippen LogP contribution is 2.41. The fourth-order valence-corrected chi connectivity index (χ4v) is 6.30. The number of hydrogen-bond acceptors (Lipinski definition) is 9. The molecule has 0 aliphatic carbocycles. The van der Waals surface area contributed by atoms with Gasteiger partial charge in [-0.05, 0) is 44.2 Å². The third-order valence-corrected chi connectivity index (χ3v) is 8.52. The van der Waals surface area contributed by atoms with Gasteiger partial charge < -0.3 is 9.84 Å². The second-order valence-corrected chi connectivity index (χ2v) is 11.9. The Kier molecular flexibility index (Phi) is 8.52. The maximum absolute atomic E-state index is 14.1. The van der Waals surface area contributed by atoms with Crippen molar-refractivity contribution < 1.29 is 41.0 Å². The Morgan fingerprint density at radius 2 is 1.71 bits per heavy atom. The number of ether oxygens (including phenoxy) is 1. The van der Waals surface area contributed by atoms with Crippen molar-refractivity contribution in [3.05, 3.63) is 91.8 Å². The fourth-order valence-electron chi connectivity index (χ4n) is 5.12. The summed E-state index contributed by atoms with van der Waals surface area (Å²) < 4.78 is 89.7. The van der Waals surface area contributed by atoms with Crippen LogP contribution in [0.15, 0.2) is 52.9 Å². The normalized spacial score (nSPS) is 12.2. The van der Waals surface area contributed by atoms with Gasteiger partial charge >= 0.3 is 18.3 Å². The highest BCUT2D eigenvalue weighted by molar-refractivity contribution is 7.18. The molecule has 6 aromatic rings. The van der Waals surface area contributed by atoms with Crippen molar-refractivity contribution in [1.82, 2.24) is 29.5 Å². The second-order valence-electron chi connectivity index (χ2n) is 10.6. The lowest BCUT2D eigenvalue weighted by Gasteiger charge is -2.16. The molecule has 0 bridgehead atoms. The van der Waals surface area contributed by atoms with Crippen LogP contribution in [0.3, 0.4) is 0 Å². The van der Waals surface area contributed by atoms with Gasteiger partial charge in [-0.15, -0.1) is 11.3 Å². The molecule has 10 nitrogen and oxygen atoms in total. The molecule has 49 heavy (non-hydrogen) atoms. The number of thiophene rings is 1. The van der Waals surface area contributed by atoms with E-state index in [1.54, 1.807) is 31.2 Å². The van der Waals surface area contributed by atoms with Gasteiger partial charge in [0.05, 0.1) is 45.8 Å². The van der Waals surface area contributed by atoms with Crippen molar-refractivity contribution in [3.63, 3.8) is 0 Å². The molecule has 0 spiro atoms. The zero-order valence-corrected chi connectivity index (χ0v) is 26.5. The number of fused-ring (bicyclic) bond motifs is 2. The van der Waals surface area contributed by atoms with Crippen molar-refractivity contribution in [2.45, 2.75) is 32.7 Å². The van der Waals surface area contributed by atoms with E-state index in [0.717, 1.165) is 4.57 Å². The highest BCUT2D eigenvalue weighted by Gasteiger charge is 2.38. The average molecular weight is 721 g/mol. The van der Waals surface area contributed by atoms with E-state index < -0.39 is 57.6 Å². The topological polar surface area (TPSA) is 133 Å². The van der Waals surface area contributed by atoms with Crippen LogP contribution in [0, 0.1) is 13.8 Å². The Hall–Kier alpha value is -5.16. The average Bonchev–Trinajstić information content (AvgIpc) is 3.46. The molecule has 0 aliphatic rings. The van der Waals surface area contributed by atoms with E-state index >= 15 is 0 Å². The van der Waals surface area contributed by atoms with E-state index in [1.165, 1.54) is 23.6 Å². The number of halogens is 7. The van der Waals surface area contributed by atoms with E-state index in [9.17, 15) is 41.0 Å². The zero-order valence-electron chi connectivity index (χ0n) is 24.9. The van der Waals surface area contributed by atoms with Crippen molar-refractivity contribution in [3.8, 4) is 28.3 Å². The van der Waals surface area contributed by atoms with Gasteiger partial charge in [-0.3, -0.25) is 19.3 Å². The minimum Gasteiger partial charge on any atom is -0.491 e. The first-order valence-corrected chi connectivity index (χ1v) is 15.2. The van der Waals surface area contributed by atoms with Gasteiger partial charge in [0.25, 0.3) is 5.56 Å². The maximum atomic E-state index is 14.1. The van der Waals surface area contributed by atoms with E-state index in [4.69, 9.17) is 16.3 Å². The monoisotopic (exact) mass is 720 g/mol. The molecule has 1 N–H and O–H groups in total. The van der Waals surface area contributed by atoms with Crippen LogP contribution in [-0.4, -0.2) is 47.2 Å². The van der Waals surface area contributed by atoms with Gasteiger partial charge in [0.2, 0.25) is 0 Å². The standard InChI is InChI=1S/C31H19ClF6N6O4S/c1-13-7-17(27-24(40-13)18(12-49-27)29(46)47)16-8-15(32)3-4-22(16)48-6-5-44-14(2)41-20-9-19(30(33,34)35)25(43-26(20)28(44)45)21-10-39-11-23(42-21)31(36,37)38/h3-4,7-12H,5-6H2,1-2H3,(H,46,47). The Morgan fingerprint density at radius 3 is 2.41 bits per heavy atom. The SMILES string of the molecule is Cc1cc(-c2cc(Cl)ccc2OCCn2c(C)nc3cc(C(F)(F)F)c(-c4cncc(C(F)(F)F)n4)nc3c2=O)c2scc(C(=O)O)c2n1. The predicted octanol–water partition coefficient (Wildman–Crippen LogP) is 7.61. The molecule has 0 radical (unpaired) electrons. The number of carboxylic acids is 1. The number of hydrogen-bond donors (Lipinski definition) is 1. The van der Waals surface area contributed by atoms with Crippen LogP contribution in [-0.2, 0) is 18.9 Å². The minimum atomic E-state index is -5.09. The highest BCUT2D eigenvalue weighted by atomic mass is 35.5. The smallest absolute Gasteiger partial charge is 0.434 e. The molecule has 0 saturated heterocycles. The van der Waals surface area contributed by atoms with Gasteiger partial charge in [-0.1, -0.05) is 11.6 Å². The number of benzene rings is 1. The predicted molar refractivity (Wildman–Crippen MR) is 167 cm³/mol. The zero-order chi connectivity index (χ0) is 35.4. The molecule has 252 valence electrons. The Labute approximate surface area is 279 Å². The summed E-state index contributed by atoms with van der Waals surface area (Å²) in [5.74, 6) is -0.800. The molecular weight excluding hydrogens is 702 g/mol. The van der Waals surface area contributed by atoms with Crippen molar-refractivity contribution >= 4 is 50.2 Å². The molecule has 18 heteroatoms. The molecule has 0 fully saturated rings. The maximum Gasteiger partial charge on any atom is 0.434 e. The van der Waals surface area contributed by atoms with Gasteiger partial charge in [-0.2, -0.15) is 26.3 Å². The van der Waals surface area contributed by atoms with Crippen LogP contribution >= 0.6 is 22.9 Å². The lowest BCUT2D eigenvalue weighted by molar-refractivity contribution is -0.141. The summed E-state index contributed by atoms with van der Waals surface area (Å²) in [6.45, 7) is 2.77. The van der Waals surface area contributed by atoms with E-state index in [0.29, 0.717) is 56.3 Å². The van der Waals surface area contributed by atoms with Crippen molar-refractivity contribution in [1.29, 1.82) is 0 Å². The summed E-state index contributed by atoms with van der Waals surface area (Å²) >= 11 is 7.49. The number of rotatable bonds is 7. The fraction of sp³-hybridized carbons (Fsp3) is 0.194. The number of nitrogens with zero attached hydrogens (tertiary/aromatic N) is 6. The molecule has 6 rings (SSSR count). The third-order valence-electron chi connectivity index (χ3n) is 7.28. The van der Waals surface area contributed by atoms with Crippen LogP contribution in [0.4, 0.5) is 26.3 Å². The summed E-state index contributed by atoms with van der Waals surface area (Å²) in [6.07, 6.45) is -9.04. The molecule has 0 aliphatic heterocycles. The summed E-state index contributed by atoms with van der Waals surface area (Å²) in [5, 5.41) is 11.4. The molecule has 5 heterocycles. The van der Waals surface area contributed by atoms with Gasteiger partial charge in [0, 0.05) is 27.2 Å². The van der Waals surface area contributed by atoms with E-state index in [-0.39, 0.29) is 24.5 Å². The molecular formula is C31H19ClF6N6O4S.